The van der Waals surface area contributed by atoms with Gasteiger partial charge in [-0.3, -0.25) is 4.79 Å². The van der Waals surface area contributed by atoms with Gasteiger partial charge in [-0.25, -0.2) is 0 Å². The number of carbonyl (C=O) groups is 1. The number of amides is 1. The van der Waals surface area contributed by atoms with Gasteiger partial charge in [-0.05, 0) is 36.2 Å². The van der Waals surface area contributed by atoms with Crippen LogP contribution in [0.5, 0.6) is 11.5 Å². The number of phenolic OH excluding ortho intramolecular Hbond substituents is 2. The lowest BCUT2D eigenvalue weighted by molar-refractivity contribution is -0.117. The van der Waals surface area contributed by atoms with Gasteiger partial charge in [0.05, 0.1) is 0 Å². The van der Waals surface area contributed by atoms with Crippen LogP contribution in [0.3, 0.4) is 0 Å². The highest BCUT2D eigenvalue weighted by molar-refractivity contribution is 6.00. The summed E-state index contributed by atoms with van der Waals surface area (Å²) in [5, 5.41) is 35.7. The maximum atomic E-state index is 12.2. The third-order valence-electron chi connectivity index (χ3n) is 4.27. The van der Waals surface area contributed by atoms with E-state index in [1.807, 2.05) is 12.1 Å². The summed E-state index contributed by atoms with van der Waals surface area (Å²) >= 11 is 0. The fraction of sp³-hybridized carbons (Fsp3) is 0.0909. The van der Waals surface area contributed by atoms with E-state index in [4.69, 9.17) is 0 Å². The molecule has 3 rings (SSSR count). The number of anilines is 1. The molecule has 0 aromatic heterocycles. The molecule has 0 aliphatic carbocycles. The summed E-state index contributed by atoms with van der Waals surface area (Å²) in [5.74, 6) is -0.121. The summed E-state index contributed by atoms with van der Waals surface area (Å²) in [5.41, 5.74) is 1.59. The van der Waals surface area contributed by atoms with Crippen LogP contribution in [-0.2, 0) is 11.2 Å². The molecule has 0 saturated carbocycles. The zero-order chi connectivity index (χ0) is 19.9. The molecule has 0 heterocycles. The first kappa shape index (κ1) is 18.8. The van der Waals surface area contributed by atoms with E-state index >= 15 is 0 Å². The molecule has 3 aromatic carbocycles. The number of phenols is 2. The number of nitrogens with one attached hydrogen (secondary N) is 2. The maximum absolute atomic E-state index is 12.2. The first-order valence-electron chi connectivity index (χ1n) is 8.72. The van der Waals surface area contributed by atoms with Crippen molar-refractivity contribution in [2.24, 2.45) is 0 Å². The molecule has 140 valence electrons. The number of benzene rings is 3. The van der Waals surface area contributed by atoms with E-state index in [0.717, 1.165) is 10.9 Å². The minimum absolute atomic E-state index is 0.0529. The van der Waals surface area contributed by atoms with Crippen molar-refractivity contribution in [3.63, 3.8) is 0 Å². The highest BCUT2D eigenvalue weighted by Gasteiger charge is 2.09. The number of carbonyl (C=O) groups excluding carboxylic acids is 1. The standard InChI is InChI=1S/C22H19N3O3/c23-13-16(22(28)24-12-11-15-7-9-17(26)10-8-15)14-25-20-5-1-4-19-18(20)3-2-6-21(19)27/h1-10,14,25-27H,11-12H2,(H,24,28)/b16-14-. The number of hydrogen-bond donors (Lipinski definition) is 4. The lowest BCUT2D eigenvalue weighted by atomic mass is 10.1. The van der Waals surface area contributed by atoms with Crippen molar-refractivity contribution in [3.8, 4) is 17.6 Å². The summed E-state index contributed by atoms with van der Waals surface area (Å²) in [4.78, 5) is 12.2. The Hall–Kier alpha value is -3.98. The van der Waals surface area contributed by atoms with Gasteiger partial charge in [-0.15, -0.1) is 0 Å². The highest BCUT2D eigenvalue weighted by Crippen LogP contribution is 2.29. The highest BCUT2D eigenvalue weighted by atomic mass is 16.3. The quantitative estimate of drug-likeness (QED) is 0.391. The molecule has 0 aliphatic rings. The Morgan fingerprint density at radius 3 is 2.46 bits per heavy atom. The van der Waals surface area contributed by atoms with Crippen LogP contribution >= 0.6 is 0 Å². The molecule has 6 heteroatoms. The van der Waals surface area contributed by atoms with E-state index in [-0.39, 0.29) is 17.1 Å². The molecular formula is C22H19N3O3. The van der Waals surface area contributed by atoms with Crippen molar-refractivity contribution in [2.75, 3.05) is 11.9 Å². The minimum atomic E-state index is -0.475. The molecule has 3 aromatic rings. The van der Waals surface area contributed by atoms with Crippen LogP contribution in [0.4, 0.5) is 5.69 Å². The summed E-state index contributed by atoms with van der Waals surface area (Å²) in [7, 11) is 0. The summed E-state index contributed by atoms with van der Waals surface area (Å²) in [6.07, 6.45) is 1.94. The Morgan fingerprint density at radius 2 is 1.71 bits per heavy atom. The number of hydrogen-bond acceptors (Lipinski definition) is 5. The summed E-state index contributed by atoms with van der Waals surface area (Å²) in [6.45, 7) is 0.366. The monoisotopic (exact) mass is 373 g/mol. The van der Waals surface area contributed by atoms with Gasteiger partial charge < -0.3 is 20.8 Å². The molecule has 6 nitrogen and oxygen atoms in total. The first-order chi connectivity index (χ1) is 13.6. The van der Waals surface area contributed by atoms with Crippen LogP contribution in [0.2, 0.25) is 0 Å². The zero-order valence-electron chi connectivity index (χ0n) is 15.0. The fourth-order valence-electron chi connectivity index (χ4n) is 2.80. The van der Waals surface area contributed by atoms with E-state index in [2.05, 4.69) is 10.6 Å². The second kappa shape index (κ2) is 8.60. The molecule has 0 fully saturated rings. The average molecular weight is 373 g/mol. The van der Waals surface area contributed by atoms with E-state index < -0.39 is 5.91 Å². The predicted octanol–water partition coefficient (Wildman–Crippen LogP) is 3.43. The molecule has 0 radical (unpaired) electrons. The van der Waals surface area contributed by atoms with Crippen molar-refractivity contribution in [2.45, 2.75) is 6.42 Å². The number of fused-ring (bicyclic) bond motifs is 1. The largest absolute Gasteiger partial charge is 0.508 e. The van der Waals surface area contributed by atoms with Gasteiger partial charge in [0.15, 0.2) is 0 Å². The molecule has 0 bridgehead atoms. The van der Waals surface area contributed by atoms with Gasteiger partial charge in [0.1, 0.15) is 23.1 Å². The van der Waals surface area contributed by atoms with Crippen LogP contribution in [-0.4, -0.2) is 22.7 Å². The number of aromatic hydroxyl groups is 2. The first-order valence-corrected chi connectivity index (χ1v) is 8.72. The van der Waals surface area contributed by atoms with E-state index in [0.29, 0.717) is 24.0 Å². The van der Waals surface area contributed by atoms with Crippen molar-refractivity contribution in [1.29, 1.82) is 5.26 Å². The summed E-state index contributed by atoms with van der Waals surface area (Å²) < 4.78 is 0. The Balaban J connectivity index is 1.65. The Kier molecular flexibility index (Phi) is 5.78. The van der Waals surface area contributed by atoms with Gasteiger partial charge in [0, 0.05) is 29.2 Å². The smallest absolute Gasteiger partial charge is 0.263 e. The number of nitriles is 1. The Morgan fingerprint density at radius 1 is 1.00 bits per heavy atom. The van der Waals surface area contributed by atoms with E-state index in [1.54, 1.807) is 54.6 Å². The Labute approximate surface area is 162 Å². The SMILES string of the molecule is N#C/C(=C/Nc1cccc2c(O)cccc12)C(=O)NCCc1ccc(O)cc1. The topological polar surface area (TPSA) is 105 Å². The average Bonchev–Trinajstić information content (AvgIpc) is 2.70. The number of nitrogens with zero attached hydrogens (tertiary/aromatic N) is 1. The molecular weight excluding hydrogens is 354 g/mol. The predicted molar refractivity (Wildman–Crippen MR) is 108 cm³/mol. The lowest BCUT2D eigenvalue weighted by Crippen LogP contribution is -2.27. The van der Waals surface area contributed by atoms with E-state index in [1.165, 1.54) is 6.20 Å². The van der Waals surface area contributed by atoms with E-state index in [9.17, 15) is 20.3 Å². The van der Waals surface area contributed by atoms with Crippen LogP contribution < -0.4 is 10.6 Å². The maximum Gasteiger partial charge on any atom is 0.263 e. The van der Waals surface area contributed by atoms with Gasteiger partial charge in [0.2, 0.25) is 0 Å². The third kappa shape index (κ3) is 4.40. The molecule has 0 saturated heterocycles. The molecule has 0 unspecified atom stereocenters. The van der Waals surface area contributed by atoms with Crippen LogP contribution in [0, 0.1) is 11.3 Å². The van der Waals surface area contributed by atoms with Gasteiger partial charge in [0.25, 0.3) is 5.91 Å². The van der Waals surface area contributed by atoms with Gasteiger partial charge >= 0.3 is 0 Å². The van der Waals surface area contributed by atoms with Crippen molar-refractivity contribution in [1.82, 2.24) is 5.32 Å². The van der Waals surface area contributed by atoms with Crippen LogP contribution in [0.15, 0.2) is 72.4 Å². The van der Waals surface area contributed by atoms with Crippen molar-refractivity contribution >= 4 is 22.4 Å². The van der Waals surface area contributed by atoms with Crippen LogP contribution in [0.25, 0.3) is 10.8 Å². The second-order valence-corrected chi connectivity index (χ2v) is 6.16. The number of rotatable bonds is 6. The van der Waals surface area contributed by atoms with Crippen molar-refractivity contribution in [3.05, 3.63) is 78.0 Å². The normalized spacial score (nSPS) is 11.0. The third-order valence-corrected chi connectivity index (χ3v) is 4.27. The minimum Gasteiger partial charge on any atom is -0.508 e. The molecule has 1 amide bonds. The van der Waals surface area contributed by atoms with Gasteiger partial charge in [-0.1, -0.05) is 36.4 Å². The molecule has 0 spiro atoms. The fourth-order valence-corrected chi connectivity index (χ4v) is 2.80. The van der Waals surface area contributed by atoms with Crippen molar-refractivity contribution < 1.29 is 15.0 Å². The van der Waals surface area contributed by atoms with Gasteiger partial charge in [-0.2, -0.15) is 5.26 Å². The lowest BCUT2D eigenvalue weighted by Gasteiger charge is -2.08. The molecule has 0 aliphatic heterocycles. The summed E-state index contributed by atoms with van der Waals surface area (Å²) in [6, 6.07) is 19.2. The van der Waals surface area contributed by atoms with Crippen LogP contribution in [0.1, 0.15) is 5.56 Å². The molecule has 4 N–H and O–H groups in total. The zero-order valence-corrected chi connectivity index (χ0v) is 15.0. The second-order valence-electron chi connectivity index (χ2n) is 6.16. The Bertz CT molecular complexity index is 1070. The molecule has 28 heavy (non-hydrogen) atoms. The molecule has 0 atom stereocenters.